The lowest BCUT2D eigenvalue weighted by Crippen LogP contribution is -2.12. The van der Waals surface area contributed by atoms with E-state index in [-0.39, 0.29) is 5.91 Å². The third-order valence-corrected chi connectivity index (χ3v) is 4.51. The minimum atomic E-state index is 0.0487. The van der Waals surface area contributed by atoms with Crippen LogP contribution in [0.4, 0.5) is 5.69 Å². The van der Waals surface area contributed by atoms with Gasteiger partial charge in [-0.3, -0.25) is 9.78 Å². The van der Waals surface area contributed by atoms with Gasteiger partial charge in [-0.25, -0.2) is 0 Å². The van der Waals surface area contributed by atoms with Gasteiger partial charge in [0.05, 0.1) is 0 Å². The van der Waals surface area contributed by atoms with Gasteiger partial charge in [-0.05, 0) is 53.5 Å². The van der Waals surface area contributed by atoms with E-state index in [0.29, 0.717) is 12.8 Å². The summed E-state index contributed by atoms with van der Waals surface area (Å²) in [5.74, 6) is 0.0487. The lowest BCUT2D eigenvalue weighted by Gasteiger charge is -2.10. The standard InChI is InChI=1S/C20H18N2O/c23-19(11-6-14-3-2-12-21-13-14)22-18-10-9-16-8-7-15-4-1-5-17(18)20(15)16/h1-5,9-10,12-13H,6-8,11H2,(H,22,23). The number of carbonyl (C=O) groups excluding carboxylic acids is 1. The first kappa shape index (κ1) is 13.9. The first-order chi connectivity index (χ1) is 11.3. The molecule has 1 amide bonds. The van der Waals surface area contributed by atoms with Crippen molar-refractivity contribution < 1.29 is 4.79 Å². The molecule has 3 nitrogen and oxygen atoms in total. The summed E-state index contributed by atoms with van der Waals surface area (Å²) in [7, 11) is 0. The van der Waals surface area contributed by atoms with E-state index in [0.717, 1.165) is 29.5 Å². The number of aryl methyl sites for hydroxylation is 3. The van der Waals surface area contributed by atoms with Crippen molar-refractivity contribution >= 4 is 22.4 Å². The number of nitrogens with zero attached hydrogens (tertiary/aromatic N) is 1. The topological polar surface area (TPSA) is 42.0 Å². The minimum absolute atomic E-state index is 0.0487. The van der Waals surface area contributed by atoms with Crippen molar-refractivity contribution in [1.29, 1.82) is 0 Å². The molecule has 0 radical (unpaired) electrons. The molecule has 23 heavy (non-hydrogen) atoms. The van der Waals surface area contributed by atoms with Crippen LogP contribution in [0.25, 0.3) is 10.8 Å². The van der Waals surface area contributed by atoms with E-state index in [9.17, 15) is 4.79 Å². The maximum absolute atomic E-state index is 12.3. The van der Waals surface area contributed by atoms with Crippen LogP contribution in [0.1, 0.15) is 23.1 Å². The Morgan fingerprint density at radius 1 is 1.04 bits per heavy atom. The molecule has 2 aromatic carbocycles. The first-order valence-corrected chi connectivity index (χ1v) is 8.03. The van der Waals surface area contributed by atoms with Crippen molar-refractivity contribution in [2.45, 2.75) is 25.7 Å². The Hall–Kier alpha value is -2.68. The summed E-state index contributed by atoms with van der Waals surface area (Å²) in [6.45, 7) is 0. The van der Waals surface area contributed by atoms with Crippen molar-refractivity contribution in [3.05, 3.63) is 71.5 Å². The highest BCUT2D eigenvalue weighted by Crippen LogP contribution is 2.35. The molecule has 1 N–H and O–H groups in total. The first-order valence-electron chi connectivity index (χ1n) is 8.03. The Kier molecular flexibility index (Phi) is 3.54. The number of hydrogen-bond acceptors (Lipinski definition) is 2. The maximum Gasteiger partial charge on any atom is 0.224 e. The molecule has 1 aliphatic carbocycles. The van der Waals surface area contributed by atoms with Crippen molar-refractivity contribution in [1.82, 2.24) is 4.98 Å². The molecule has 3 aromatic rings. The number of benzene rings is 2. The summed E-state index contributed by atoms with van der Waals surface area (Å²) >= 11 is 0. The second-order valence-electron chi connectivity index (χ2n) is 6.02. The van der Waals surface area contributed by atoms with Gasteiger partial charge < -0.3 is 5.32 Å². The summed E-state index contributed by atoms with van der Waals surface area (Å²) in [5.41, 5.74) is 4.79. The molecular weight excluding hydrogens is 284 g/mol. The molecule has 3 heteroatoms. The van der Waals surface area contributed by atoms with Gasteiger partial charge in [0.25, 0.3) is 0 Å². The van der Waals surface area contributed by atoms with Crippen LogP contribution >= 0.6 is 0 Å². The zero-order chi connectivity index (χ0) is 15.6. The van der Waals surface area contributed by atoms with Crippen LogP contribution in [0, 0.1) is 0 Å². The van der Waals surface area contributed by atoms with Crippen LogP contribution in [0.2, 0.25) is 0 Å². The molecule has 1 aliphatic rings. The minimum Gasteiger partial charge on any atom is -0.326 e. The van der Waals surface area contributed by atoms with E-state index >= 15 is 0 Å². The number of nitrogens with one attached hydrogen (secondary N) is 1. The van der Waals surface area contributed by atoms with Gasteiger partial charge in [-0.2, -0.15) is 0 Å². The van der Waals surface area contributed by atoms with E-state index in [1.807, 2.05) is 24.4 Å². The number of anilines is 1. The number of rotatable bonds is 4. The second kappa shape index (κ2) is 5.84. The van der Waals surface area contributed by atoms with Crippen LogP contribution in [0.5, 0.6) is 0 Å². The zero-order valence-electron chi connectivity index (χ0n) is 12.9. The van der Waals surface area contributed by atoms with Gasteiger partial charge in [0.2, 0.25) is 5.91 Å². The Labute approximate surface area is 135 Å². The third kappa shape index (κ3) is 2.70. The van der Waals surface area contributed by atoms with Gasteiger partial charge in [-0.15, -0.1) is 0 Å². The third-order valence-electron chi connectivity index (χ3n) is 4.51. The van der Waals surface area contributed by atoms with Crippen LogP contribution in [0.3, 0.4) is 0 Å². The van der Waals surface area contributed by atoms with E-state index in [2.05, 4.69) is 34.6 Å². The lowest BCUT2D eigenvalue weighted by atomic mass is 10.0. The lowest BCUT2D eigenvalue weighted by molar-refractivity contribution is -0.116. The van der Waals surface area contributed by atoms with Crippen molar-refractivity contribution in [3.63, 3.8) is 0 Å². The Morgan fingerprint density at radius 2 is 1.91 bits per heavy atom. The van der Waals surface area contributed by atoms with Crippen molar-refractivity contribution in [3.8, 4) is 0 Å². The Balaban J connectivity index is 1.53. The predicted molar refractivity (Wildman–Crippen MR) is 92.5 cm³/mol. The molecule has 0 saturated heterocycles. The average molecular weight is 302 g/mol. The number of carbonyl (C=O) groups is 1. The molecule has 1 aromatic heterocycles. The van der Waals surface area contributed by atoms with Gasteiger partial charge in [0.1, 0.15) is 0 Å². The number of amides is 1. The van der Waals surface area contributed by atoms with Gasteiger partial charge >= 0.3 is 0 Å². The summed E-state index contributed by atoms with van der Waals surface area (Å²) in [6.07, 6.45) is 6.94. The van der Waals surface area contributed by atoms with Crippen LogP contribution < -0.4 is 5.32 Å². The number of hydrogen-bond donors (Lipinski definition) is 1. The fraction of sp³-hybridized carbons (Fsp3) is 0.200. The quantitative estimate of drug-likeness (QED) is 0.794. The normalized spacial score (nSPS) is 12.5. The smallest absolute Gasteiger partial charge is 0.224 e. The molecule has 0 fully saturated rings. The average Bonchev–Trinajstić information content (AvgIpc) is 3.01. The molecule has 0 spiro atoms. The second-order valence-corrected chi connectivity index (χ2v) is 6.02. The summed E-state index contributed by atoms with van der Waals surface area (Å²) in [4.78, 5) is 16.4. The highest BCUT2D eigenvalue weighted by molar-refractivity contribution is 6.05. The molecular formula is C20H18N2O. The van der Waals surface area contributed by atoms with Gasteiger partial charge in [0.15, 0.2) is 0 Å². The van der Waals surface area contributed by atoms with Gasteiger partial charge in [-0.1, -0.05) is 30.3 Å². The number of aromatic nitrogens is 1. The highest BCUT2D eigenvalue weighted by Gasteiger charge is 2.16. The highest BCUT2D eigenvalue weighted by atomic mass is 16.1. The van der Waals surface area contributed by atoms with E-state index in [1.165, 1.54) is 16.5 Å². The Bertz CT molecular complexity index is 861. The van der Waals surface area contributed by atoms with Crippen LogP contribution in [-0.2, 0) is 24.1 Å². The monoisotopic (exact) mass is 302 g/mol. The van der Waals surface area contributed by atoms with Crippen molar-refractivity contribution in [2.75, 3.05) is 5.32 Å². The van der Waals surface area contributed by atoms with Crippen LogP contribution in [-0.4, -0.2) is 10.9 Å². The molecule has 4 rings (SSSR count). The largest absolute Gasteiger partial charge is 0.326 e. The molecule has 0 saturated carbocycles. The molecule has 114 valence electrons. The number of pyridine rings is 1. The molecule has 0 unspecified atom stereocenters. The van der Waals surface area contributed by atoms with E-state index in [4.69, 9.17) is 0 Å². The summed E-state index contributed by atoms with van der Waals surface area (Å²) in [6, 6.07) is 14.5. The maximum atomic E-state index is 12.3. The van der Waals surface area contributed by atoms with E-state index < -0.39 is 0 Å². The summed E-state index contributed by atoms with van der Waals surface area (Å²) < 4.78 is 0. The predicted octanol–water partition coefficient (Wildman–Crippen LogP) is 3.90. The molecule has 0 atom stereocenters. The van der Waals surface area contributed by atoms with Crippen LogP contribution in [0.15, 0.2) is 54.9 Å². The molecule has 0 bridgehead atoms. The zero-order valence-corrected chi connectivity index (χ0v) is 12.9. The van der Waals surface area contributed by atoms with Crippen molar-refractivity contribution in [2.24, 2.45) is 0 Å². The Morgan fingerprint density at radius 3 is 2.74 bits per heavy atom. The fourth-order valence-corrected chi connectivity index (χ4v) is 3.37. The summed E-state index contributed by atoms with van der Waals surface area (Å²) in [5, 5.41) is 5.57. The SMILES string of the molecule is O=C(CCc1cccnc1)Nc1ccc2c3c(cccc13)CC2. The molecule has 0 aliphatic heterocycles. The fourth-order valence-electron chi connectivity index (χ4n) is 3.37. The van der Waals surface area contributed by atoms with Gasteiger partial charge in [0, 0.05) is 29.9 Å². The van der Waals surface area contributed by atoms with E-state index in [1.54, 1.807) is 6.20 Å². The molecule has 1 heterocycles.